The molecule has 2 aromatic carbocycles. The van der Waals surface area contributed by atoms with Crippen LogP contribution in [0.1, 0.15) is 22.0 Å². The van der Waals surface area contributed by atoms with Crippen molar-refractivity contribution in [3.05, 3.63) is 63.9 Å². The summed E-state index contributed by atoms with van der Waals surface area (Å²) in [6.07, 6.45) is -0.813. The molecule has 4 N–H and O–H groups in total. The number of carbonyl (C=O) groups is 1. The molecule has 6 heteroatoms. The van der Waals surface area contributed by atoms with Crippen LogP contribution < -0.4 is 11.1 Å². The average molecular weight is 353 g/mol. The van der Waals surface area contributed by atoms with Gasteiger partial charge < -0.3 is 16.2 Å². The highest BCUT2D eigenvalue weighted by molar-refractivity contribution is 9.10. The van der Waals surface area contributed by atoms with E-state index in [1.54, 1.807) is 24.3 Å². The van der Waals surface area contributed by atoms with Gasteiger partial charge in [-0.2, -0.15) is 0 Å². The molecule has 0 aromatic heterocycles. The fourth-order valence-electron chi connectivity index (χ4n) is 1.82. The minimum absolute atomic E-state index is 0.0482. The summed E-state index contributed by atoms with van der Waals surface area (Å²) in [6.45, 7) is 0.0482. The minimum Gasteiger partial charge on any atom is -0.396 e. The van der Waals surface area contributed by atoms with Gasteiger partial charge in [-0.1, -0.05) is 30.3 Å². The lowest BCUT2D eigenvalue weighted by Crippen LogP contribution is -2.28. The van der Waals surface area contributed by atoms with Gasteiger partial charge in [0.05, 0.1) is 17.4 Å². The zero-order valence-corrected chi connectivity index (χ0v) is 12.6. The van der Waals surface area contributed by atoms with Crippen molar-refractivity contribution in [2.45, 2.75) is 6.10 Å². The zero-order valence-electron chi connectivity index (χ0n) is 11.0. The fourth-order valence-corrected chi connectivity index (χ4v) is 2.31. The number of aliphatic hydroxyl groups is 1. The normalized spacial score (nSPS) is 12.0. The summed E-state index contributed by atoms with van der Waals surface area (Å²) in [5.41, 5.74) is 6.27. The van der Waals surface area contributed by atoms with Crippen molar-refractivity contribution in [2.24, 2.45) is 0 Å². The Labute approximate surface area is 129 Å². The Morgan fingerprint density at radius 2 is 2.00 bits per heavy atom. The van der Waals surface area contributed by atoms with Crippen LogP contribution in [0.4, 0.5) is 10.1 Å². The Balaban J connectivity index is 2.04. The molecule has 2 rings (SSSR count). The second-order valence-corrected chi connectivity index (χ2v) is 5.34. The van der Waals surface area contributed by atoms with Crippen molar-refractivity contribution in [1.29, 1.82) is 0 Å². The molecule has 0 aliphatic heterocycles. The second kappa shape index (κ2) is 6.69. The first kappa shape index (κ1) is 15.5. The number of nitrogen functional groups attached to an aromatic ring is 1. The molecule has 0 saturated carbocycles. The third-order valence-electron chi connectivity index (χ3n) is 2.97. The number of aliphatic hydroxyl groups excluding tert-OH is 1. The predicted molar refractivity (Wildman–Crippen MR) is 82.2 cm³/mol. The van der Waals surface area contributed by atoms with Crippen molar-refractivity contribution in [3.8, 4) is 0 Å². The van der Waals surface area contributed by atoms with Gasteiger partial charge in [-0.3, -0.25) is 4.79 Å². The first-order chi connectivity index (χ1) is 9.99. The number of amides is 1. The number of anilines is 1. The van der Waals surface area contributed by atoms with Crippen LogP contribution in [-0.2, 0) is 0 Å². The van der Waals surface area contributed by atoms with E-state index in [2.05, 4.69) is 21.2 Å². The lowest BCUT2D eigenvalue weighted by molar-refractivity contribution is 0.0915. The molecule has 2 aromatic rings. The van der Waals surface area contributed by atoms with Gasteiger partial charge in [0.15, 0.2) is 0 Å². The number of benzene rings is 2. The Hall–Kier alpha value is -1.92. The molecule has 0 fully saturated rings. The maximum Gasteiger partial charge on any atom is 0.252 e. The van der Waals surface area contributed by atoms with E-state index in [-0.39, 0.29) is 17.8 Å². The van der Waals surface area contributed by atoms with Crippen molar-refractivity contribution in [2.75, 3.05) is 12.3 Å². The Bertz CT molecular complexity index is 650. The molecule has 1 atom stereocenters. The Kier molecular flexibility index (Phi) is 4.93. The third kappa shape index (κ3) is 3.80. The molecule has 4 nitrogen and oxygen atoms in total. The maximum atomic E-state index is 13.2. The Morgan fingerprint density at radius 3 is 2.67 bits per heavy atom. The molecule has 0 heterocycles. The predicted octanol–water partition coefficient (Wildman–Crippen LogP) is 2.63. The lowest BCUT2D eigenvalue weighted by Gasteiger charge is -2.13. The molecule has 1 unspecified atom stereocenters. The molecule has 0 aliphatic carbocycles. The fraction of sp³-hybridized carbons (Fsp3) is 0.133. The van der Waals surface area contributed by atoms with Crippen LogP contribution in [0.15, 0.2) is 46.9 Å². The van der Waals surface area contributed by atoms with Gasteiger partial charge in [-0.05, 0) is 33.6 Å². The van der Waals surface area contributed by atoms with Gasteiger partial charge in [0, 0.05) is 11.0 Å². The topological polar surface area (TPSA) is 75.4 Å². The van der Waals surface area contributed by atoms with Crippen LogP contribution in [0, 0.1) is 5.82 Å². The van der Waals surface area contributed by atoms with Crippen molar-refractivity contribution in [1.82, 2.24) is 5.32 Å². The van der Waals surface area contributed by atoms with Crippen molar-refractivity contribution >= 4 is 27.5 Å². The van der Waals surface area contributed by atoms with Crippen LogP contribution >= 0.6 is 15.9 Å². The zero-order chi connectivity index (χ0) is 15.4. The van der Waals surface area contributed by atoms with Gasteiger partial charge in [0.2, 0.25) is 0 Å². The molecule has 1 amide bonds. The molecule has 21 heavy (non-hydrogen) atoms. The van der Waals surface area contributed by atoms with Crippen molar-refractivity contribution in [3.63, 3.8) is 0 Å². The number of halogens is 2. The summed E-state index contributed by atoms with van der Waals surface area (Å²) in [4.78, 5) is 12.0. The summed E-state index contributed by atoms with van der Waals surface area (Å²) in [5.74, 6) is -1.04. The van der Waals surface area contributed by atoms with Crippen LogP contribution in [0.5, 0.6) is 0 Å². The van der Waals surface area contributed by atoms with Gasteiger partial charge in [-0.25, -0.2) is 4.39 Å². The quantitative estimate of drug-likeness (QED) is 0.740. The second-order valence-electron chi connectivity index (χ2n) is 4.49. The lowest BCUT2D eigenvalue weighted by atomic mass is 10.1. The minimum atomic E-state index is -0.813. The maximum absolute atomic E-state index is 13.2. The molecule has 0 aliphatic rings. The summed E-state index contributed by atoms with van der Waals surface area (Å²) in [6, 6.07) is 11.4. The highest BCUT2D eigenvalue weighted by Crippen LogP contribution is 2.23. The molecule has 0 spiro atoms. The number of hydrogen-bond donors (Lipinski definition) is 3. The van der Waals surface area contributed by atoms with E-state index in [1.165, 1.54) is 6.07 Å². The van der Waals surface area contributed by atoms with Crippen LogP contribution in [0.3, 0.4) is 0 Å². The summed E-state index contributed by atoms with van der Waals surface area (Å²) >= 11 is 3.11. The number of nitrogens with two attached hydrogens (primary N) is 1. The average Bonchev–Trinajstić information content (AvgIpc) is 2.49. The van der Waals surface area contributed by atoms with Gasteiger partial charge in [0.1, 0.15) is 5.82 Å². The number of hydrogen-bond acceptors (Lipinski definition) is 3. The van der Waals surface area contributed by atoms with Gasteiger partial charge in [0.25, 0.3) is 5.91 Å². The molecular weight excluding hydrogens is 339 g/mol. The molecule has 0 radical (unpaired) electrons. The molecule has 110 valence electrons. The third-order valence-corrected chi connectivity index (χ3v) is 3.63. The van der Waals surface area contributed by atoms with Gasteiger partial charge in [-0.15, -0.1) is 0 Å². The highest BCUT2D eigenvalue weighted by Gasteiger charge is 2.15. The number of nitrogens with one attached hydrogen (secondary N) is 1. The molecular formula is C15H14BrFN2O2. The monoisotopic (exact) mass is 352 g/mol. The van der Waals surface area contributed by atoms with E-state index >= 15 is 0 Å². The van der Waals surface area contributed by atoms with E-state index in [4.69, 9.17) is 5.73 Å². The van der Waals surface area contributed by atoms with E-state index in [1.807, 2.05) is 6.07 Å². The first-order valence-electron chi connectivity index (χ1n) is 6.24. The van der Waals surface area contributed by atoms with E-state index in [0.29, 0.717) is 10.0 Å². The highest BCUT2D eigenvalue weighted by atomic mass is 79.9. The number of rotatable bonds is 4. The largest absolute Gasteiger partial charge is 0.396 e. The van der Waals surface area contributed by atoms with Gasteiger partial charge >= 0.3 is 0 Å². The Morgan fingerprint density at radius 1 is 1.33 bits per heavy atom. The SMILES string of the molecule is Nc1cc(C(=O)NCC(O)c2ccccc2)c(Br)cc1F. The summed E-state index contributed by atoms with van der Waals surface area (Å²) in [5, 5.41) is 12.6. The van der Waals surface area contributed by atoms with E-state index in [9.17, 15) is 14.3 Å². The van der Waals surface area contributed by atoms with Crippen LogP contribution in [0.2, 0.25) is 0 Å². The number of carbonyl (C=O) groups excluding carboxylic acids is 1. The van der Waals surface area contributed by atoms with Crippen LogP contribution in [-0.4, -0.2) is 17.6 Å². The summed E-state index contributed by atoms with van der Waals surface area (Å²) < 4.78 is 13.5. The van der Waals surface area contributed by atoms with E-state index < -0.39 is 17.8 Å². The molecule has 0 saturated heterocycles. The van der Waals surface area contributed by atoms with E-state index in [0.717, 1.165) is 6.07 Å². The first-order valence-corrected chi connectivity index (χ1v) is 7.04. The smallest absolute Gasteiger partial charge is 0.252 e. The molecule has 0 bridgehead atoms. The van der Waals surface area contributed by atoms with Crippen molar-refractivity contribution < 1.29 is 14.3 Å². The standard InChI is InChI=1S/C15H14BrFN2O2/c16-11-7-12(17)13(18)6-10(11)15(21)19-8-14(20)9-4-2-1-3-5-9/h1-7,14,20H,8,18H2,(H,19,21). The van der Waals surface area contributed by atoms with Crippen LogP contribution in [0.25, 0.3) is 0 Å². The summed E-state index contributed by atoms with van der Waals surface area (Å²) in [7, 11) is 0.